The molecule has 0 heterocycles. The quantitative estimate of drug-likeness (QED) is 0.590. The van der Waals surface area contributed by atoms with Gasteiger partial charge in [-0.2, -0.15) is 0 Å². The van der Waals surface area contributed by atoms with Crippen molar-refractivity contribution in [3.05, 3.63) is 0 Å². The fraction of sp³-hybridized carbons (Fsp3) is 1.00. The molecular formula is C10H20ClP. The Balaban J connectivity index is 2.13. The molecule has 2 heteroatoms. The molecule has 0 aromatic heterocycles. The number of halogens is 1. The zero-order valence-electron chi connectivity index (χ0n) is 8.22. The van der Waals surface area contributed by atoms with Crippen LogP contribution < -0.4 is 0 Å². The third kappa shape index (κ3) is 3.62. The van der Waals surface area contributed by atoms with Crippen molar-refractivity contribution in [2.75, 3.05) is 6.16 Å². The molecule has 0 radical (unpaired) electrons. The van der Waals surface area contributed by atoms with Crippen LogP contribution in [0.25, 0.3) is 0 Å². The van der Waals surface area contributed by atoms with Crippen LogP contribution in [0.2, 0.25) is 0 Å². The zero-order valence-corrected chi connectivity index (χ0v) is 9.87. The molecule has 0 nitrogen and oxygen atoms in total. The van der Waals surface area contributed by atoms with Crippen molar-refractivity contribution in [1.82, 2.24) is 0 Å². The maximum absolute atomic E-state index is 6.40. The molecule has 1 saturated carbocycles. The van der Waals surface area contributed by atoms with E-state index in [9.17, 15) is 0 Å². The molecule has 1 aliphatic rings. The number of hydrogen-bond acceptors (Lipinski definition) is 0. The highest BCUT2D eigenvalue weighted by atomic mass is 35.7. The van der Waals surface area contributed by atoms with Gasteiger partial charge in [0.25, 0.3) is 0 Å². The molecule has 0 aliphatic heterocycles. The molecule has 0 bridgehead atoms. The summed E-state index contributed by atoms with van der Waals surface area (Å²) < 4.78 is 0. The van der Waals surface area contributed by atoms with Crippen molar-refractivity contribution >= 4 is 18.5 Å². The van der Waals surface area contributed by atoms with E-state index in [1.807, 2.05) is 0 Å². The molecule has 0 N–H and O–H groups in total. The molecule has 0 saturated heterocycles. The van der Waals surface area contributed by atoms with Crippen LogP contribution in [0.3, 0.4) is 0 Å². The summed E-state index contributed by atoms with van der Waals surface area (Å²) in [6, 6.07) is 0. The van der Waals surface area contributed by atoms with Crippen molar-refractivity contribution in [2.45, 2.75) is 51.6 Å². The Bertz CT molecular complexity index is 119. The van der Waals surface area contributed by atoms with Crippen molar-refractivity contribution in [2.24, 2.45) is 5.92 Å². The molecule has 1 unspecified atom stereocenters. The summed E-state index contributed by atoms with van der Waals surface area (Å²) in [6.07, 6.45) is 8.29. The van der Waals surface area contributed by atoms with Crippen molar-refractivity contribution in [3.63, 3.8) is 0 Å². The molecule has 0 aromatic rings. The van der Waals surface area contributed by atoms with Crippen LogP contribution in [0.5, 0.6) is 0 Å². The normalized spacial score (nSPS) is 22.0. The van der Waals surface area contributed by atoms with E-state index in [4.69, 9.17) is 11.2 Å². The van der Waals surface area contributed by atoms with Crippen LogP contribution in [-0.2, 0) is 0 Å². The Labute approximate surface area is 82.6 Å². The average molecular weight is 207 g/mol. The Morgan fingerprint density at radius 1 is 1.33 bits per heavy atom. The van der Waals surface area contributed by atoms with Gasteiger partial charge in [0.1, 0.15) is 0 Å². The van der Waals surface area contributed by atoms with E-state index in [-0.39, 0.29) is 7.27 Å². The first kappa shape index (κ1) is 10.8. The maximum Gasteiger partial charge on any atom is -0.00655 e. The van der Waals surface area contributed by atoms with E-state index in [1.165, 1.54) is 38.3 Å². The third-order valence-electron chi connectivity index (χ3n) is 2.64. The van der Waals surface area contributed by atoms with E-state index >= 15 is 0 Å². The first-order chi connectivity index (χ1) is 5.70. The summed E-state index contributed by atoms with van der Waals surface area (Å²) in [6.45, 7) is 4.57. The molecule has 1 aliphatic carbocycles. The molecule has 72 valence electrons. The SMILES string of the molecule is CC(C)CCP(Cl)C1CCCC1. The lowest BCUT2D eigenvalue weighted by Gasteiger charge is -2.17. The van der Waals surface area contributed by atoms with Crippen LogP contribution in [0.15, 0.2) is 0 Å². The van der Waals surface area contributed by atoms with Crippen LogP contribution in [-0.4, -0.2) is 11.8 Å². The molecule has 1 fully saturated rings. The van der Waals surface area contributed by atoms with Gasteiger partial charge in [0.15, 0.2) is 0 Å². The zero-order chi connectivity index (χ0) is 8.97. The molecule has 0 aromatic carbocycles. The minimum Gasteiger partial charge on any atom is -0.0961 e. The summed E-state index contributed by atoms with van der Waals surface area (Å²) in [5.74, 6) is 0.829. The summed E-state index contributed by atoms with van der Waals surface area (Å²) in [5.41, 5.74) is 0.903. The Morgan fingerprint density at radius 2 is 1.92 bits per heavy atom. The fourth-order valence-electron chi connectivity index (χ4n) is 1.75. The Morgan fingerprint density at radius 3 is 2.42 bits per heavy atom. The van der Waals surface area contributed by atoms with E-state index in [2.05, 4.69) is 13.8 Å². The highest BCUT2D eigenvalue weighted by molar-refractivity contribution is 7.84. The molecule has 1 atom stereocenters. The predicted octanol–water partition coefficient (Wildman–Crippen LogP) is 4.61. The second kappa shape index (κ2) is 5.45. The van der Waals surface area contributed by atoms with Crippen molar-refractivity contribution in [1.29, 1.82) is 0 Å². The summed E-state index contributed by atoms with van der Waals surface area (Å²) in [4.78, 5) is 0. The molecule has 0 spiro atoms. The largest absolute Gasteiger partial charge is 0.0961 e. The van der Waals surface area contributed by atoms with Crippen LogP contribution in [0, 0.1) is 5.92 Å². The van der Waals surface area contributed by atoms with Gasteiger partial charge in [-0.3, -0.25) is 0 Å². The second-order valence-electron chi connectivity index (χ2n) is 4.24. The lowest BCUT2D eigenvalue weighted by molar-refractivity contribution is 0.629. The van der Waals surface area contributed by atoms with Crippen LogP contribution in [0.4, 0.5) is 0 Å². The van der Waals surface area contributed by atoms with Gasteiger partial charge in [-0.1, -0.05) is 37.9 Å². The van der Waals surface area contributed by atoms with Gasteiger partial charge in [-0.25, -0.2) is 0 Å². The molecule has 0 amide bonds. The van der Waals surface area contributed by atoms with Crippen molar-refractivity contribution in [3.8, 4) is 0 Å². The molecule has 1 rings (SSSR count). The van der Waals surface area contributed by atoms with Crippen LogP contribution in [0.1, 0.15) is 46.0 Å². The summed E-state index contributed by atoms with van der Waals surface area (Å²) >= 11 is 6.40. The number of rotatable bonds is 4. The molecular weight excluding hydrogens is 187 g/mol. The van der Waals surface area contributed by atoms with E-state index in [1.54, 1.807) is 0 Å². The van der Waals surface area contributed by atoms with Gasteiger partial charge in [0.2, 0.25) is 0 Å². The van der Waals surface area contributed by atoms with E-state index in [0.29, 0.717) is 0 Å². The minimum atomic E-state index is -0.142. The maximum atomic E-state index is 6.40. The second-order valence-corrected chi connectivity index (χ2v) is 7.52. The summed E-state index contributed by atoms with van der Waals surface area (Å²) in [5, 5.41) is 0. The lowest BCUT2D eigenvalue weighted by atomic mass is 10.2. The van der Waals surface area contributed by atoms with Gasteiger partial charge in [-0.15, -0.1) is 0 Å². The lowest BCUT2D eigenvalue weighted by Crippen LogP contribution is -2.00. The molecule has 12 heavy (non-hydrogen) atoms. The monoisotopic (exact) mass is 206 g/mol. The van der Waals surface area contributed by atoms with E-state index in [0.717, 1.165) is 11.6 Å². The smallest absolute Gasteiger partial charge is 0.00655 e. The van der Waals surface area contributed by atoms with Gasteiger partial charge >= 0.3 is 0 Å². The van der Waals surface area contributed by atoms with Gasteiger partial charge in [0, 0.05) is 0 Å². The Hall–Kier alpha value is 0.720. The average Bonchev–Trinajstić information content (AvgIpc) is 2.51. The topological polar surface area (TPSA) is 0 Å². The third-order valence-corrected chi connectivity index (χ3v) is 5.97. The fourth-order valence-corrected chi connectivity index (χ4v) is 4.68. The predicted molar refractivity (Wildman–Crippen MR) is 59.4 cm³/mol. The van der Waals surface area contributed by atoms with Gasteiger partial charge < -0.3 is 0 Å². The Kier molecular flexibility index (Phi) is 4.90. The van der Waals surface area contributed by atoms with Gasteiger partial charge in [0.05, 0.1) is 0 Å². The van der Waals surface area contributed by atoms with Crippen LogP contribution >= 0.6 is 18.5 Å². The standard InChI is InChI=1S/C10H20ClP/c1-9(2)7-8-12(11)10-5-3-4-6-10/h9-10H,3-8H2,1-2H3. The van der Waals surface area contributed by atoms with Crippen molar-refractivity contribution < 1.29 is 0 Å². The minimum absolute atomic E-state index is 0.142. The first-order valence-corrected chi connectivity index (χ1v) is 7.62. The van der Waals surface area contributed by atoms with E-state index < -0.39 is 0 Å². The first-order valence-electron chi connectivity index (χ1n) is 5.12. The number of hydrogen-bond donors (Lipinski definition) is 0. The summed E-state index contributed by atoms with van der Waals surface area (Å²) in [7, 11) is -0.142. The van der Waals surface area contributed by atoms with Gasteiger partial charge in [-0.05, 0) is 44.3 Å². The highest BCUT2D eigenvalue weighted by Crippen LogP contribution is 2.53. The highest BCUT2D eigenvalue weighted by Gasteiger charge is 2.22.